The van der Waals surface area contributed by atoms with Crippen molar-refractivity contribution < 1.29 is 4.79 Å². The summed E-state index contributed by atoms with van der Waals surface area (Å²) in [5.41, 5.74) is 12.2. The lowest BCUT2D eigenvalue weighted by atomic mass is 9.91. The SMILES string of the molecule is NNc1ccc(C(=O)NCC(c2ccccc2)c2ccccc2)cc1N. The van der Waals surface area contributed by atoms with Gasteiger partial charge in [0.15, 0.2) is 0 Å². The summed E-state index contributed by atoms with van der Waals surface area (Å²) in [5.74, 6) is 5.28. The number of benzene rings is 3. The van der Waals surface area contributed by atoms with Crippen molar-refractivity contribution in [2.45, 2.75) is 5.92 Å². The monoisotopic (exact) mass is 346 g/mol. The van der Waals surface area contributed by atoms with E-state index >= 15 is 0 Å². The van der Waals surface area contributed by atoms with Crippen molar-refractivity contribution in [2.75, 3.05) is 17.7 Å². The highest BCUT2D eigenvalue weighted by Gasteiger charge is 2.16. The predicted octanol–water partition coefficient (Wildman–Crippen LogP) is 3.12. The summed E-state index contributed by atoms with van der Waals surface area (Å²) in [7, 11) is 0. The molecule has 1 amide bonds. The predicted molar refractivity (Wildman–Crippen MR) is 106 cm³/mol. The van der Waals surface area contributed by atoms with Crippen LogP contribution in [0.15, 0.2) is 78.9 Å². The number of rotatable bonds is 6. The molecule has 0 aliphatic carbocycles. The van der Waals surface area contributed by atoms with Crippen LogP contribution < -0.4 is 22.3 Å². The summed E-state index contributed by atoms with van der Waals surface area (Å²) in [6.07, 6.45) is 0. The number of carbonyl (C=O) groups is 1. The van der Waals surface area contributed by atoms with Crippen molar-refractivity contribution in [3.8, 4) is 0 Å². The van der Waals surface area contributed by atoms with Crippen LogP contribution in [0.25, 0.3) is 0 Å². The van der Waals surface area contributed by atoms with Crippen molar-refractivity contribution in [1.82, 2.24) is 5.32 Å². The van der Waals surface area contributed by atoms with Crippen LogP contribution in [-0.2, 0) is 0 Å². The molecule has 0 fully saturated rings. The smallest absolute Gasteiger partial charge is 0.251 e. The minimum atomic E-state index is -0.169. The molecule has 5 heteroatoms. The average Bonchev–Trinajstić information content (AvgIpc) is 2.69. The van der Waals surface area contributed by atoms with Gasteiger partial charge in [-0.2, -0.15) is 0 Å². The van der Waals surface area contributed by atoms with Gasteiger partial charge in [0.25, 0.3) is 5.91 Å². The zero-order valence-electron chi connectivity index (χ0n) is 14.4. The fraction of sp³-hybridized carbons (Fsp3) is 0.0952. The number of nitrogens with two attached hydrogens (primary N) is 2. The van der Waals surface area contributed by atoms with Gasteiger partial charge in [-0.3, -0.25) is 10.6 Å². The Bertz CT molecular complexity index is 826. The van der Waals surface area contributed by atoms with Crippen LogP contribution in [0.4, 0.5) is 11.4 Å². The Kier molecular flexibility index (Phi) is 5.51. The van der Waals surface area contributed by atoms with Gasteiger partial charge in [-0.15, -0.1) is 0 Å². The summed E-state index contributed by atoms with van der Waals surface area (Å²) in [6.45, 7) is 0.490. The second-order valence-corrected chi connectivity index (χ2v) is 6.03. The minimum Gasteiger partial charge on any atom is -0.397 e. The normalized spacial score (nSPS) is 10.5. The van der Waals surface area contributed by atoms with E-state index in [1.165, 1.54) is 0 Å². The molecule has 0 unspecified atom stereocenters. The average molecular weight is 346 g/mol. The molecule has 0 aliphatic heterocycles. The zero-order chi connectivity index (χ0) is 18.4. The molecule has 0 saturated heterocycles. The maximum Gasteiger partial charge on any atom is 0.251 e. The van der Waals surface area contributed by atoms with E-state index in [1.54, 1.807) is 18.2 Å². The molecule has 0 saturated carbocycles. The standard InChI is InChI=1S/C21H22N4O/c22-19-13-17(11-12-20(19)25-23)21(26)24-14-18(15-7-3-1-4-8-15)16-9-5-2-6-10-16/h1-13,18,25H,14,22-23H2,(H,24,26). The fourth-order valence-corrected chi connectivity index (χ4v) is 2.93. The molecule has 0 aromatic heterocycles. The minimum absolute atomic E-state index is 0.0729. The zero-order valence-corrected chi connectivity index (χ0v) is 14.4. The molecule has 0 atom stereocenters. The highest BCUT2D eigenvalue weighted by Crippen LogP contribution is 2.24. The Morgan fingerprint density at radius 2 is 1.46 bits per heavy atom. The Hall–Kier alpha value is -3.31. The van der Waals surface area contributed by atoms with Crippen molar-refractivity contribution in [2.24, 2.45) is 5.84 Å². The molecule has 26 heavy (non-hydrogen) atoms. The molecule has 0 aliphatic rings. The van der Waals surface area contributed by atoms with E-state index in [4.69, 9.17) is 11.6 Å². The van der Waals surface area contributed by atoms with Gasteiger partial charge in [-0.05, 0) is 29.3 Å². The largest absolute Gasteiger partial charge is 0.397 e. The van der Waals surface area contributed by atoms with Crippen LogP contribution in [0.2, 0.25) is 0 Å². The van der Waals surface area contributed by atoms with Gasteiger partial charge in [-0.1, -0.05) is 60.7 Å². The van der Waals surface area contributed by atoms with E-state index in [2.05, 4.69) is 35.0 Å². The molecule has 5 nitrogen and oxygen atoms in total. The second-order valence-electron chi connectivity index (χ2n) is 6.03. The molecule has 0 heterocycles. The molecular weight excluding hydrogens is 324 g/mol. The second kappa shape index (κ2) is 8.18. The van der Waals surface area contributed by atoms with E-state index in [0.717, 1.165) is 11.1 Å². The molecule has 3 aromatic carbocycles. The number of carbonyl (C=O) groups excluding carboxylic acids is 1. The molecule has 0 spiro atoms. The number of hydrogen-bond donors (Lipinski definition) is 4. The van der Waals surface area contributed by atoms with Crippen LogP contribution in [0.3, 0.4) is 0 Å². The molecule has 0 radical (unpaired) electrons. The molecular formula is C21H22N4O. The third kappa shape index (κ3) is 4.02. The molecule has 6 N–H and O–H groups in total. The van der Waals surface area contributed by atoms with Gasteiger partial charge in [0.1, 0.15) is 0 Å². The van der Waals surface area contributed by atoms with Crippen LogP contribution in [0.5, 0.6) is 0 Å². The Morgan fingerprint density at radius 1 is 0.885 bits per heavy atom. The van der Waals surface area contributed by atoms with Gasteiger partial charge < -0.3 is 16.5 Å². The number of nitrogen functional groups attached to an aromatic ring is 2. The highest BCUT2D eigenvalue weighted by molar-refractivity contribution is 5.96. The lowest BCUT2D eigenvalue weighted by Gasteiger charge is -2.19. The van der Waals surface area contributed by atoms with E-state index in [1.807, 2.05) is 36.4 Å². The van der Waals surface area contributed by atoms with Gasteiger partial charge in [-0.25, -0.2) is 0 Å². The van der Waals surface area contributed by atoms with E-state index < -0.39 is 0 Å². The lowest BCUT2D eigenvalue weighted by molar-refractivity contribution is 0.0952. The van der Waals surface area contributed by atoms with E-state index in [9.17, 15) is 4.79 Å². The molecule has 0 bridgehead atoms. The first-order valence-corrected chi connectivity index (χ1v) is 8.43. The van der Waals surface area contributed by atoms with Crippen molar-refractivity contribution >= 4 is 17.3 Å². The summed E-state index contributed by atoms with van der Waals surface area (Å²) in [4.78, 5) is 12.5. The highest BCUT2D eigenvalue weighted by atomic mass is 16.1. The maximum absolute atomic E-state index is 12.5. The van der Waals surface area contributed by atoms with Crippen LogP contribution in [0, 0.1) is 0 Å². The fourth-order valence-electron chi connectivity index (χ4n) is 2.93. The van der Waals surface area contributed by atoms with Gasteiger partial charge in [0.2, 0.25) is 0 Å². The topological polar surface area (TPSA) is 93.2 Å². The third-order valence-electron chi connectivity index (χ3n) is 4.34. The Labute approximate surface area is 153 Å². The molecule has 3 aromatic rings. The first-order chi connectivity index (χ1) is 12.7. The summed E-state index contributed by atoms with van der Waals surface area (Å²) in [6, 6.07) is 25.3. The first-order valence-electron chi connectivity index (χ1n) is 8.43. The van der Waals surface area contributed by atoms with Crippen molar-refractivity contribution in [3.63, 3.8) is 0 Å². The molecule has 3 rings (SSSR count). The number of hydrazine groups is 1. The Morgan fingerprint density at radius 3 is 1.96 bits per heavy atom. The van der Waals surface area contributed by atoms with Crippen molar-refractivity contribution in [1.29, 1.82) is 0 Å². The maximum atomic E-state index is 12.5. The van der Waals surface area contributed by atoms with Gasteiger partial charge >= 0.3 is 0 Å². The third-order valence-corrected chi connectivity index (χ3v) is 4.34. The van der Waals surface area contributed by atoms with Gasteiger partial charge in [0.05, 0.1) is 11.4 Å². The summed E-state index contributed by atoms with van der Waals surface area (Å²) < 4.78 is 0. The van der Waals surface area contributed by atoms with Gasteiger partial charge in [0, 0.05) is 18.0 Å². The quantitative estimate of drug-likeness (QED) is 0.313. The van der Waals surface area contributed by atoms with E-state index in [-0.39, 0.29) is 11.8 Å². The van der Waals surface area contributed by atoms with Crippen LogP contribution in [0.1, 0.15) is 27.4 Å². The summed E-state index contributed by atoms with van der Waals surface area (Å²) >= 11 is 0. The van der Waals surface area contributed by atoms with Crippen molar-refractivity contribution in [3.05, 3.63) is 95.6 Å². The number of hydrogen-bond acceptors (Lipinski definition) is 4. The number of nitrogens with one attached hydrogen (secondary N) is 2. The first kappa shape index (κ1) is 17.5. The summed E-state index contributed by atoms with van der Waals surface area (Å²) in [5, 5.41) is 3.01. The lowest BCUT2D eigenvalue weighted by Crippen LogP contribution is -2.29. The van der Waals surface area contributed by atoms with E-state index in [0.29, 0.717) is 23.5 Å². The van der Waals surface area contributed by atoms with Crippen LogP contribution >= 0.6 is 0 Å². The Balaban J connectivity index is 1.78. The molecule has 132 valence electrons. The number of amides is 1. The van der Waals surface area contributed by atoms with Crippen LogP contribution in [-0.4, -0.2) is 12.5 Å². The number of anilines is 2.